The van der Waals surface area contributed by atoms with Gasteiger partial charge in [-0.3, -0.25) is 0 Å². The molecule has 0 radical (unpaired) electrons. The Morgan fingerprint density at radius 3 is 2.57 bits per heavy atom. The quantitative estimate of drug-likeness (QED) is 0.787. The van der Waals surface area contributed by atoms with E-state index >= 15 is 0 Å². The van der Waals surface area contributed by atoms with Crippen molar-refractivity contribution in [3.63, 3.8) is 0 Å². The Bertz CT molecular complexity index is 297. The van der Waals surface area contributed by atoms with Crippen LogP contribution in [0.5, 0.6) is 0 Å². The van der Waals surface area contributed by atoms with Crippen LogP contribution in [-0.4, -0.2) is 23.1 Å². The minimum Gasteiger partial charge on any atom is -0.317 e. The molecule has 3 heteroatoms. The largest absolute Gasteiger partial charge is 0.317 e. The first-order valence-corrected chi connectivity index (χ1v) is 5.16. The lowest BCUT2D eigenvalue weighted by Gasteiger charge is -2.10. The zero-order valence-corrected chi connectivity index (χ0v) is 9.46. The van der Waals surface area contributed by atoms with Crippen molar-refractivity contribution in [2.75, 3.05) is 7.05 Å². The van der Waals surface area contributed by atoms with Crippen LogP contribution in [0.4, 0.5) is 0 Å². The zero-order valence-electron chi connectivity index (χ0n) is 9.46. The van der Waals surface area contributed by atoms with E-state index < -0.39 is 0 Å². The minimum atomic E-state index is 0.467. The second-order valence-electron chi connectivity index (χ2n) is 3.65. The van der Waals surface area contributed by atoms with Gasteiger partial charge in [0.05, 0.1) is 0 Å². The lowest BCUT2D eigenvalue weighted by molar-refractivity contribution is 0.597. The molecular weight excluding hydrogens is 174 g/mol. The molecule has 0 amide bonds. The van der Waals surface area contributed by atoms with Gasteiger partial charge in [0.2, 0.25) is 0 Å². The third-order valence-electron chi connectivity index (χ3n) is 2.31. The van der Waals surface area contributed by atoms with Crippen molar-refractivity contribution in [3.8, 4) is 0 Å². The number of aromatic nitrogens is 2. The Morgan fingerprint density at radius 2 is 2.00 bits per heavy atom. The van der Waals surface area contributed by atoms with Gasteiger partial charge in [0, 0.05) is 23.9 Å². The molecule has 1 atom stereocenters. The summed E-state index contributed by atoms with van der Waals surface area (Å²) >= 11 is 0. The number of rotatable bonds is 4. The fourth-order valence-corrected chi connectivity index (χ4v) is 1.40. The Morgan fingerprint density at radius 1 is 1.36 bits per heavy atom. The van der Waals surface area contributed by atoms with Crippen molar-refractivity contribution >= 4 is 0 Å². The standard InChI is InChI=1S/C11H19N3/c1-5-10-7-11(6-8(2)12-4)14-9(3)13-10/h7-8,12H,5-6H2,1-4H3. The maximum atomic E-state index is 4.42. The average molecular weight is 193 g/mol. The van der Waals surface area contributed by atoms with Crippen molar-refractivity contribution in [3.05, 3.63) is 23.3 Å². The summed E-state index contributed by atoms with van der Waals surface area (Å²) in [5.41, 5.74) is 2.27. The number of hydrogen-bond acceptors (Lipinski definition) is 3. The molecule has 0 saturated carbocycles. The summed E-state index contributed by atoms with van der Waals surface area (Å²) < 4.78 is 0. The van der Waals surface area contributed by atoms with Crippen LogP contribution in [-0.2, 0) is 12.8 Å². The van der Waals surface area contributed by atoms with Gasteiger partial charge in [-0.25, -0.2) is 9.97 Å². The van der Waals surface area contributed by atoms with Crippen LogP contribution < -0.4 is 5.32 Å². The summed E-state index contributed by atoms with van der Waals surface area (Å²) in [4.78, 5) is 8.77. The van der Waals surface area contributed by atoms with E-state index in [1.54, 1.807) is 0 Å². The Balaban J connectivity index is 2.81. The van der Waals surface area contributed by atoms with Gasteiger partial charge in [-0.15, -0.1) is 0 Å². The van der Waals surface area contributed by atoms with Crippen LogP contribution in [0.2, 0.25) is 0 Å². The van der Waals surface area contributed by atoms with Gasteiger partial charge in [0.25, 0.3) is 0 Å². The van der Waals surface area contributed by atoms with Crippen molar-refractivity contribution in [2.24, 2.45) is 0 Å². The first-order valence-electron chi connectivity index (χ1n) is 5.16. The highest BCUT2D eigenvalue weighted by atomic mass is 14.9. The summed E-state index contributed by atoms with van der Waals surface area (Å²) in [5, 5.41) is 3.21. The molecular formula is C11H19N3. The predicted molar refractivity (Wildman–Crippen MR) is 58.4 cm³/mol. The predicted octanol–water partition coefficient (Wildman–Crippen LogP) is 1.50. The van der Waals surface area contributed by atoms with Crippen LogP contribution in [0.25, 0.3) is 0 Å². The fraction of sp³-hybridized carbons (Fsp3) is 0.636. The first kappa shape index (κ1) is 11.1. The van der Waals surface area contributed by atoms with E-state index in [0.717, 1.165) is 30.1 Å². The molecule has 0 spiro atoms. The maximum Gasteiger partial charge on any atom is 0.125 e. The zero-order chi connectivity index (χ0) is 10.6. The number of nitrogens with one attached hydrogen (secondary N) is 1. The van der Waals surface area contributed by atoms with E-state index in [1.165, 1.54) is 0 Å². The molecule has 0 aliphatic heterocycles. The fourth-order valence-electron chi connectivity index (χ4n) is 1.40. The lowest BCUT2D eigenvalue weighted by atomic mass is 10.1. The number of hydrogen-bond donors (Lipinski definition) is 1. The Hall–Kier alpha value is -0.960. The molecule has 14 heavy (non-hydrogen) atoms. The lowest BCUT2D eigenvalue weighted by Crippen LogP contribution is -2.24. The normalized spacial score (nSPS) is 12.9. The highest BCUT2D eigenvalue weighted by molar-refractivity contribution is 5.12. The van der Waals surface area contributed by atoms with E-state index in [1.807, 2.05) is 14.0 Å². The SMILES string of the molecule is CCc1cc(CC(C)NC)nc(C)n1. The molecule has 0 saturated heterocycles. The summed E-state index contributed by atoms with van der Waals surface area (Å²) in [7, 11) is 1.97. The van der Waals surface area contributed by atoms with E-state index in [2.05, 4.69) is 35.2 Å². The van der Waals surface area contributed by atoms with Crippen molar-refractivity contribution in [1.82, 2.24) is 15.3 Å². The van der Waals surface area contributed by atoms with Crippen molar-refractivity contribution < 1.29 is 0 Å². The third-order valence-corrected chi connectivity index (χ3v) is 2.31. The second-order valence-corrected chi connectivity index (χ2v) is 3.65. The average Bonchev–Trinajstić information content (AvgIpc) is 2.16. The monoisotopic (exact) mass is 193 g/mol. The Kier molecular flexibility index (Phi) is 4.01. The highest BCUT2D eigenvalue weighted by Gasteiger charge is 2.04. The van der Waals surface area contributed by atoms with E-state index in [4.69, 9.17) is 0 Å². The second kappa shape index (κ2) is 5.05. The van der Waals surface area contributed by atoms with Gasteiger partial charge in [0.15, 0.2) is 0 Å². The molecule has 1 aromatic heterocycles. The van der Waals surface area contributed by atoms with Crippen LogP contribution in [0.1, 0.15) is 31.1 Å². The van der Waals surface area contributed by atoms with E-state index in [0.29, 0.717) is 6.04 Å². The van der Waals surface area contributed by atoms with Gasteiger partial charge < -0.3 is 5.32 Å². The molecule has 1 N–H and O–H groups in total. The molecule has 1 aromatic rings. The molecule has 0 aromatic carbocycles. The smallest absolute Gasteiger partial charge is 0.125 e. The van der Waals surface area contributed by atoms with Crippen molar-refractivity contribution in [1.29, 1.82) is 0 Å². The minimum absolute atomic E-state index is 0.467. The van der Waals surface area contributed by atoms with E-state index in [9.17, 15) is 0 Å². The van der Waals surface area contributed by atoms with Crippen LogP contribution in [0.3, 0.4) is 0 Å². The molecule has 1 rings (SSSR count). The van der Waals surface area contributed by atoms with E-state index in [-0.39, 0.29) is 0 Å². The summed E-state index contributed by atoms with van der Waals surface area (Å²) in [6.07, 6.45) is 1.94. The van der Waals surface area contributed by atoms with Gasteiger partial charge in [-0.1, -0.05) is 6.92 Å². The van der Waals surface area contributed by atoms with Crippen LogP contribution in [0, 0.1) is 6.92 Å². The molecule has 1 heterocycles. The molecule has 0 fully saturated rings. The van der Waals surface area contributed by atoms with Crippen LogP contribution in [0.15, 0.2) is 6.07 Å². The summed E-state index contributed by atoms with van der Waals surface area (Å²) in [6, 6.07) is 2.56. The van der Waals surface area contributed by atoms with Gasteiger partial charge in [0.1, 0.15) is 5.82 Å². The first-order chi connectivity index (χ1) is 6.65. The Labute approximate surface area is 86.0 Å². The maximum absolute atomic E-state index is 4.42. The van der Waals surface area contributed by atoms with Crippen molar-refractivity contribution in [2.45, 2.75) is 39.7 Å². The molecule has 0 aliphatic carbocycles. The van der Waals surface area contributed by atoms with Gasteiger partial charge in [-0.2, -0.15) is 0 Å². The van der Waals surface area contributed by atoms with Gasteiger partial charge in [-0.05, 0) is 33.4 Å². The number of aryl methyl sites for hydroxylation is 2. The van der Waals surface area contributed by atoms with Crippen LogP contribution >= 0.6 is 0 Å². The molecule has 1 unspecified atom stereocenters. The molecule has 0 bridgehead atoms. The molecule has 0 aliphatic rings. The number of likely N-dealkylation sites (N-methyl/N-ethyl adjacent to an activating group) is 1. The van der Waals surface area contributed by atoms with Gasteiger partial charge >= 0.3 is 0 Å². The molecule has 78 valence electrons. The third kappa shape index (κ3) is 3.07. The highest BCUT2D eigenvalue weighted by Crippen LogP contribution is 2.04. The summed E-state index contributed by atoms with van der Waals surface area (Å²) in [6.45, 7) is 6.23. The topological polar surface area (TPSA) is 37.8 Å². The molecule has 3 nitrogen and oxygen atoms in total. The summed E-state index contributed by atoms with van der Waals surface area (Å²) in [5.74, 6) is 0.877. The number of nitrogens with zero attached hydrogens (tertiary/aromatic N) is 2.